The number of rotatable bonds is 2. The van der Waals surface area contributed by atoms with Crippen LogP contribution < -0.4 is 0 Å². The van der Waals surface area contributed by atoms with Crippen LogP contribution in [0, 0.1) is 13.8 Å². The molecule has 0 N–H and O–H groups in total. The van der Waals surface area contributed by atoms with Crippen molar-refractivity contribution in [2.75, 3.05) is 0 Å². The summed E-state index contributed by atoms with van der Waals surface area (Å²) in [6, 6.07) is 4.10. The van der Waals surface area contributed by atoms with Crippen molar-refractivity contribution in [3.05, 3.63) is 48.3 Å². The quantitative estimate of drug-likeness (QED) is 0.704. The molecule has 0 atom stereocenters. The Morgan fingerprint density at radius 1 is 1.11 bits per heavy atom. The molecule has 0 spiro atoms. The fourth-order valence-electron chi connectivity index (χ4n) is 2.20. The van der Waals surface area contributed by atoms with Gasteiger partial charge in [0.15, 0.2) is 0 Å². The zero-order valence-electron chi connectivity index (χ0n) is 11.2. The van der Waals surface area contributed by atoms with Crippen molar-refractivity contribution in [3.8, 4) is 17.1 Å². The molecular formula is C14H15N5. The van der Waals surface area contributed by atoms with E-state index in [1.165, 1.54) is 0 Å². The Bertz CT molecular complexity index is 723. The lowest BCUT2D eigenvalue weighted by molar-refractivity contribution is 0.828. The molecule has 0 aliphatic rings. The zero-order valence-corrected chi connectivity index (χ0v) is 11.2. The van der Waals surface area contributed by atoms with Crippen molar-refractivity contribution < 1.29 is 0 Å². The van der Waals surface area contributed by atoms with Gasteiger partial charge in [-0.25, -0.2) is 9.67 Å². The Morgan fingerprint density at radius 2 is 1.95 bits per heavy atom. The van der Waals surface area contributed by atoms with Crippen LogP contribution in [0.3, 0.4) is 0 Å². The fourth-order valence-corrected chi connectivity index (χ4v) is 2.20. The van der Waals surface area contributed by atoms with E-state index in [1.54, 1.807) is 6.20 Å². The molecule has 19 heavy (non-hydrogen) atoms. The summed E-state index contributed by atoms with van der Waals surface area (Å²) in [5.74, 6) is 0.899. The first kappa shape index (κ1) is 11.6. The summed E-state index contributed by atoms with van der Waals surface area (Å²) in [6.45, 7) is 4.02. The maximum atomic E-state index is 4.47. The second-order valence-corrected chi connectivity index (χ2v) is 4.63. The largest absolute Gasteiger partial charge is 0.334 e. The standard InChI is InChI=1S/C14H15N5/c1-10-6-11(2)19(17-10)13-7-12(8-15-9-13)14-16-4-5-18(14)3/h4-9H,1-3H3. The van der Waals surface area contributed by atoms with E-state index < -0.39 is 0 Å². The van der Waals surface area contributed by atoms with Gasteiger partial charge in [-0.1, -0.05) is 0 Å². The molecule has 0 bridgehead atoms. The molecule has 5 nitrogen and oxygen atoms in total. The van der Waals surface area contributed by atoms with Crippen molar-refractivity contribution in [1.82, 2.24) is 24.3 Å². The molecule has 0 amide bonds. The first-order valence-corrected chi connectivity index (χ1v) is 6.11. The minimum atomic E-state index is 0.899. The summed E-state index contributed by atoms with van der Waals surface area (Å²) in [7, 11) is 1.97. The molecule has 0 fully saturated rings. The van der Waals surface area contributed by atoms with Gasteiger partial charge in [0, 0.05) is 36.9 Å². The van der Waals surface area contributed by atoms with Gasteiger partial charge in [-0.2, -0.15) is 5.10 Å². The molecule has 0 aromatic carbocycles. The molecule has 3 aromatic rings. The summed E-state index contributed by atoms with van der Waals surface area (Å²) in [5.41, 5.74) is 4.03. The first-order chi connectivity index (χ1) is 9.15. The number of aromatic nitrogens is 5. The van der Waals surface area contributed by atoms with Gasteiger partial charge in [0.05, 0.1) is 17.6 Å². The third kappa shape index (κ3) is 2.03. The van der Waals surface area contributed by atoms with Crippen LogP contribution in [0.2, 0.25) is 0 Å². The third-order valence-electron chi connectivity index (χ3n) is 3.06. The van der Waals surface area contributed by atoms with Crippen LogP contribution in [0.4, 0.5) is 0 Å². The van der Waals surface area contributed by atoms with Crippen LogP contribution >= 0.6 is 0 Å². The summed E-state index contributed by atoms with van der Waals surface area (Å²) in [5, 5.41) is 4.47. The van der Waals surface area contributed by atoms with Crippen molar-refractivity contribution in [2.45, 2.75) is 13.8 Å². The molecule has 96 valence electrons. The lowest BCUT2D eigenvalue weighted by atomic mass is 10.2. The molecular weight excluding hydrogens is 238 g/mol. The van der Waals surface area contributed by atoms with Crippen LogP contribution in [-0.2, 0) is 7.05 Å². The Kier molecular flexibility index (Phi) is 2.67. The van der Waals surface area contributed by atoms with Crippen molar-refractivity contribution >= 4 is 0 Å². The number of pyridine rings is 1. The van der Waals surface area contributed by atoms with Gasteiger partial charge in [-0.3, -0.25) is 4.98 Å². The van der Waals surface area contributed by atoms with E-state index in [2.05, 4.69) is 21.1 Å². The highest BCUT2D eigenvalue weighted by Gasteiger charge is 2.08. The van der Waals surface area contributed by atoms with Crippen molar-refractivity contribution in [3.63, 3.8) is 0 Å². The van der Waals surface area contributed by atoms with E-state index in [1.807, 2.05) is 54.8 Å². The predicted octanol–water partition coefficient (Wildman–Crippen LogP) is 2.28. The molecule has 0 saturated heterocycles. The van der Waals surface area contributed by atoms with Gasteiger partial charge in [0.1, 0.15) is 5.82 Å². The monoisotopic (exact) mass is 253 g/mol. The smallest absolute Gasteiger partial charge is 0.141 e. The minimum Gasteiger partial charge on any atom is -0.334 e. The molecule has 0 aliphatic heterocycles. The normalized spacial score (nSPS) is 10.9. The average Bonchev–Trinajstić information content (AvgIpc) is 2.95. The number of nitrogens with zero attached hydrogens (tertiary/aromatic N) is 5. The van der Waals surface area contributed by atoms with E-state index in [0.29, 0.717) is 0 Å². The maximum absolute atomic E-state index is 4.47. The molecule has 0 unspecified atom stereocenters. The highest BCUT2D eigenvalue weighted by molar-refractivity contribution is 5.57. The first-order valence-electron chi connectivity index (χ1n) is 6.11. The molecule has 5 heteroatoms. The summed E-state index contributed by atoms with van der Waals surface area (Å²) >= 11 is 0. The van der Waals surface area contributed by atoms with E-state index in [4.69, 9.17) is 0 Å². The number of imidazole rings is 1. The highest BCUT2D eigenvalue weighted by Crippen LogP contribution is 2.19. The van der Waals surface area contributed by atoms with Crippen LogP contribution in [0.5, 0.6) is 0 Å². The summed E-state index contributed by atoms with van der Waals surface area (Å²) in [6.07, 6.45) is 7.33. The number of hydrogen-bond donors (Lipinski definition) is 0. The van der Waals surface area contributed by atoms with Gasteiger partial charge in [-0.15, -0.1) is 0 Å². The van der Waals surface area contributed by atoms with E-state index >= 15 is 0 Å². The van der Waals surface area contributed by atoms with Crippen molar-refractivity contribution in [2.24, 2.45) is 7.05 Å². The van der Waals surface area contributed by atoms with E-state index in [9.17, 15) is 0 Å². The predicted molar refractivity (Wildman–Crippen MR) is 73.0 cm³/mol. The Morgan fingerprint density at radius 3 is 2.58 bits per heavy atom. The van der Waals surface area contributed by atoms with Gasteiger partial charge >= 0.3 is 0 Å². The van der Waals surface area contributed by atoms with Crippen LogP contribution in [0.1, 0.15) is 11.4 Å². The lowest BCUT2D eigenvalue weighted by Crippen LogP contribution is -2.01. The molecule has 3 rings (SSSR count). The molecule has 0 radical (unpaired) electrons. The lowest BCUT2D eigenvalue weighted by Gasteiger charge is -2.06. The summed E-state index contributed by atoms with van der Waals surface area (Å²) < 4.78 is 3.87. The molecule has 3 heterocycles. The number of hydrogen-bond acceptors (Lipinski definition) is 3. The molecule has 0 aliphatic carbocycles. The molecule has 3 aromatic heterocycles. The third-order valence-corrected chi connectivity index (χ3v) is 3.06. The Labute approximate surface area is 111 Å². The SMILES string of the molecule is Cc1cc(C)n(-c2cncc(-c3nccn3C)c2)n1. The van der Waals surface area contributed by atoms with Crippen molar-refractivity contribution in [1.29, 1.82) is 0 Å². The second-order valence-electron chi connectivity index (χ2n) is 4.63. The number of aryl methyl sites for hydroxylation is 3. The van der Waals surface area contributed by atoms with Gasteiger partial charge in [-0.05, 0) is 26.0 Å². The highest BCUT2D eigenvalue weighted by atomic mass is 15.3. The second kappa shape index (κ2) is 4.35. The maximum Gasteiger partial charge on any atom is 0.141 e. The average molecular weight is 253 g/mol. The van der Waals surface area contributed by atoms with Gasteiger partial charge < -0.3 is 4.57 Å². The zero-order chi connectivity index (χ0) is 13.4. The van der Waals surface area contributed by atoms with Crippen LogP contribution in [0.15, 0.2) is 36.9 Å². The Hall–Kier alpha value is -2.43. The Balaban J connectivity index is 2.10. The van der Waals surface area contributed by atoms with Gasteiger partial charge in [0.25, 0.3) is 0 Å². The van der Waals surface area contributed by atoms with Crippen LogP contribution in [0.25, 0.3) is 17.1 Å². The van der Waals surface area contributed by atoms with E-state index in [-0.39, 0.29) is 0 Å². The topological polar surface area (TPSA) is 48.5 Å². The summed E-state index contributed by atoms with van der Waals surface area (Å²) in [4.78, 5) is 8.64. The minimum absolute atomic E-state index is 0.899. The van der Waals surface area contributed by atoms with Gasteiger partial charge in [0.2, 0.25) is 0 Å². The van der Waals surface area contributed by atoms with E-state index in [0.717, 1.165) is 28.5 Å². The van der Waals surface area contributed by atoms with Crippen LogP contribution in [-0.4, -0.2) is 24.3 Å². The fraction of sp³-hybridized carbons (Fsp3) is 0.214. The molecule has 0 saturated carbocycles.